The number of nitrogens with one attached hydrogen (secondary N) is 3. The van der Waals surface area contributed by atoms with Crippen LogP contribution in [0.15, 0.2) is 226 Å². The molecule has 0 amide bonds. The number of aromatic amines is 3. The molecule has 3 atom stereocenters. The molecule has 26 heteroatoms. The Hall–Kier alpha value is -13.0. The molecule has 13 heterocycles. The van der Waals surface area contributed by atoms with Gasteiger partial charge in [-0.2, -0.15) is 20.4 Å². The third-order valence-electron chi connectivity index (χ3n) is 23.1. The lowest BCUT2D eigenvalue weighted by Gasteiger charge is -2.31. The molecule has 3 fully saturated rings. The summed E-state index contributed by atoms with van der Waals surface area (Å²) in [5, 5.41) is 57.8. The lowest BCUT2D eigenvalue weighted by Crippen LogP contribution is -2.34. The van der Waals surface area contributed by atoms with Gasteiger partial charge in [-0.15, -0.1) is 41.9 Å². The van der Waals surface area contributed by atoms with Gasteiger partial charge in [-0.1, -0.05) is 60.7 Å². The zero-order chi connectivity index (χ0) is 78.8. The maximum atomic E-state index is 14.2. The van der Waals surface area contributed by atoms with Gasteiger partial charge in [0, 0.05) is 184 Å². The zero-order valence-electron chi connectivity index (χ0n) is 64.5. The van der Waals surface area contributed by atoms with Crippen LogP contribution >= 0.6 is 11.3 Å². The van der Waals surface area contributed by atoms with Crippen molar-refractivity contribution < 1.29 is 26.4 Å². The average Bonchev–Trinajstić information content (AvgIpc) is 1.64. The van der Waals surface area contributed by atoms with Crippen molar-refractivity contribution in [1.29, 1.82) is 0 Å². The van der Waals surface area contributed by atoms with Crippen molar-refractivity contribution in [2.75, 3.05) is 39.3 Å². The molecule has 10 aromatic heterocycles. The fourth-order valence-corrected chi connectivity index (χ4v) is 18.2. The summed E-state index contributed by atoms with van der Waals surface area (Å²) in [7, 11) is 5.79. The maximum absolute atomic E-state index is 14.2. The fourth-order valence-electron chi connectivity index (χ4n) is 17.2. The van der Waals surface area contributed by atoms with E-state index in [0.717, 1.165) is 199 Å². The van der Waals surface area contributed by atoms with Crippen molar-refractivity contribution in [3.05, 3.63) is 264 Å². The molecule has 3 aliphatic heterocycles. The summed E-state index contributed by atoms with van der Waals surface area (Å²) >= 11 is 1.83. The van der Waals surface area contributed by atoms with Crippen LogP contribution < -0.4 is 0 Å². The van der Waals surface area contributed by atoms with Gasteiger partial charge in [-0.05, 0) is 201 Å². The predicted octanol–water partition coefficient (Wildman–Crippen LogP) is 19.5. The molecule has 19 aromatic rings. The highest BCUT2D eigenvalue weighted by Crippen LogP contribution is 2.41. The molecular formula is C91H80F3N19O3S. The summed E-state index contributed by atoms with van der Waals surface area (Å²) in [6.07, 6.45) is 16.1. The smallest absolute Gasteiger partial charge is 0.247 e. The van der Waals surface area contributed by atoms with E-state index in [1.165, 1.54) is 39.9 Å². The monoisotopic (exact) mass is 1580 g/mol. The predicted molar refractivity (Wildman–Crippen MR) is 448 cm³/mol. The number of halogens is 3. The number of aryl methyl sites for hydroxylation is 3. The molecule has 0 unspecified atom stereocenters. The van der Waals surface area contributed by atoms with Crippen LogP contribution in [0.5, 0.6) is 0 Å². The van der Waals surface area contributed by atoms with E-state index in [1.54, 1.807) is 6.07 Å². The number of piperidine rings is 3. The van der Waals surface area contributed by atoms with Crippen LogP contribution in [0.25, 0.3) is 143 Å². The van der Waals surface area contributed by atoms with Gasteiger partial charge in [0.1, 0.15) is 17.5 Å². The van der Waals surface area contributed by atoms with Crippen molar-refractivity contribution in [2.45, 2.75) is 75.9 Å². The van der Waals surface area contributed by atoms with Crippen molar-refractivity contribution in [3.8, 4) is 67.9 Å². The summed E-state index contributed by atoms with van der Waals surface area (Å²) < 4.78 is 68.1. The number of H-pyrrole nitrogens is 3. The van der Waals surface area contributed by atoms with E-state index in [-0.39, 0.29) is 35.7 Å². The van der Waals surface area contributed by atoms with Gasteiger partial charge in [-0.25, -0.2) is 13.2 Å². The largest absolute Gasteiger partial charge is 0.420 e. The van der Waals surface area contributed by atoms with E-state index in [4.69, 9.17) is 13.3 Å². The van der Waals surface area contributed by atoms with Gasteiger partial charge in [0.05, 0.1) is 45.5 Å². The lowest BCUT2D eigenvalue weighted by atomic mass is 9.97. The minimum Gasteiger partial charge on any atom is -0.420 e. The lowest BCUT2D eigenvalue weighted by molar-refractivity contribution is 0.182. The second-order valence-electron chi connectivity index (χ2n) is 31.1. The summed E-state index contributed by atoms with van der Waals surface area (Å²) in [5.41, 5.74) is 17.1. The van der Waals surface area contributed by atoms with E-state index in [0.29, 0.717) is 48.1 Å². The Morgan fingerprint density at radius 3 is 1.37 bits per heavy atom. The molecule has 117 heavy (non-hydrogen) atoms. The Bertz CT molecular complexity index is 6850. The molecule has 0 bridgehead atoms. The van der Waals surface area contributed by atoms with Crippen LogP contribution in [0.3, 0.4) is 0 Å². The highest BCUT2D eigenvalue weighted by molar-refractivity contribution is 7.17. The van der Waals surface area contributed by atoms with E-state index in [9.17, 15) is 13.2 Å². The van der Waals surface area contributed by atoms with Crippen LogP contribution in [0.1, 0.15) is 90.6 Å². The number of aromatic nitrogens is 16. The zero-order valence-corrected chi connectivity index (χ0v) is 65.3. The fraction of sp³-hybridized carbons (Fsp3) is 0.231. The van der Waals surface area contributed by atoms with E-state index in [1.807, 2.05) is 132 Å². The third-order valence-corrected chi connectivity index (χ3v) is 24.1. The minimum atomic E-state index is -0.517. The number of rotatable bonds is 15. The Kier molecular flexibility index (Phi) is 19.3. The summed E-state index contributed by atoms with van der Waals surface area (Å²) in [6.45, 7) is 6.84. The average molecular weight is 1580 g/mol. The topological polar surface area (TPSA) is 240 Å². The quantitative estimate of drug-likeness (QED) is 0.0864. The molecule has 0 radical (unpaired) electrons. The van der Waals surface area contributed by atoms with Gasteiger partial charge in [0.15, 0.2) is 0 Å². The SMILES string of the molecule is Cn1cc2cc(-c3c[nH]c4ccc(-c5nnc([C@@H]6CCCN(Cc7c(F)cccc7F)C6)o5)cc34)ccc2n1.Cn1cc2cc(-c3c[nH]c4ccc(-c5nnc([C@@H]6CCCN(Cc7csc8ccccc78)C6)o5)cc34)ccc2n1.Cn1cc2cc(-c3n[nH]c4ccc(-c5nnc([C@@H]6CCCN(Cc7ccccc7F)C6)o5)cc34)ccc2n1. The summed E-state index contributed by atoms with van der Waals surface area (Å²) in [4.78, 5) is 13.6. The second-order valence-corrected chi connectivity index (χ2v) is 32.0. The van der Waals surface area contributed by atoms with Gasteiger partial charge in [-0.3, -0.25) is 33.8 Å². The number of thiophene rings is 1. The number of likely N-dealkylation sites (tertiary alicyclic amines) is 3. The summed E-state index contributed by atoms with van der Waals surface area (Å²) in [6, 6.07) is 56.8. The molecule has 0 aliphatic carbocycles. The molecule has 22 rings (SSSR count). The number of hydrogen-bond donors (Lipinski definition) is 3. The van der Waals surface area contributed by atoms with E-state index >= 15 is 0 Å². The molecule has 0 spiro atoms. The third kappa shape index (κ3) is 14.8. The minimum absolute atomic E-state index is 0.00703. The highest BCUT2D eigenvalue weighted by atomic mass is 32.1. The molecule has 0 saturated carbocycles. The molecule has 3 saturated heterocycles. The van der Waals surface area contributed by atoms with Crippen molar-refractivity contribution >= 4 is 86.8 Å². The highest BCUT2D eigenvalue weighted by Gasteiger charge is 2.31. The van der Waals surface area contributed by atoms with Crippen molar-refractivity contribution in [3.63, 3.8) is 0 Å². The summed E-state index contributed by atoms with van der Waals surface area (Å²) in [5.74, 6) is 2.63. The molecule has 22 nitrogen and oxygen atoms in total. The number of benzene rings is 9. The van der Waals surface area contributed by atoms with Crippen LogP contribution in [-0.2, 0) is 40.8 Å². The number of hydrogen-bond acceptors (Lipinski definition) is 17. The first-order chi connectivity index (χ1) is 57.3. The Morgan fingerprint density at radius 1 is 0.410 bits per heavy atom. The van der Waals surface area contributed by atoms with E-state index in [2.05, 4.69) is 177 Å². The van der Waals surface area contributed by atoms with Crippen LogP contribution in [0.4, 0.5) is 13.2 Å². The Balaban J connectivity index is 0.000000113. The first-order valence-electron chi connectivity index (χ1n) is 39.6. The van der Waals surface area contributed by atoms with Gasteiger partial charge in [0.2, 0.25) is 35.3 Å². The van der Waals surface area contributed by atoms with Crippen LogP contribution in [0.2, 0.25) is 0 Å². The molecule has 584 valence electrons. The van der Waals surface area contributed by atoms with Crippen molar-refractivity contribution in [1.82, 2.24) is 94.8 Å². The maximum Gasteiger partial charge on any atom is 0.247 e. The Labute approximate surface area is 672 Å². The van der Waals surface area contributed by atoms with Crippen LogP contribution in [0, 0.1) is 17.5 Å². The van der Waals surface area contributed by atoms with Gasteiger partial charge in [0.25, 0.3) is 0 Å². The van der Waals surface area contributed by atoms with Crippen molar-refractivity contribution in [2.24, 2.45) is 21.1 Å². The van der Waals surface area contributed by atoms with Gasteiger partial charge < -0.3 is 23.2 Å². The molecule has 9 aromatic carbocycles. The first-order valence-corrected chi connectivity index (χ1v) is 40.5. The molecule has 3 aliphatic rings. The Morgan fingerprint density at radius 2 is 0.846 bits per heavy atom. The van der Waals surface area contributed by atoms with E-state index < -0.39 is 11.6 Å². The second kappa shape index (κ2) is 31.0. The van der Waals surface area contributed by atoms with Crippen LogP contribution in [-0.4, -0.2) is 134 Å². The first kappa shape index (κ1) is 72.9. The molecule has 3 N–H and O–H groups in total. The van der Waals surface area contributed by atoms with Gasteiger partial charge >= 0.3 is 0 Å². The number of fused-ring (bicyclic) bond motifs is 7. The standard InChI is InChI=1S/C32H28N6OS.C30H26F2N6O.C29H26FN7O/c1-37-16-23-13-20(8-10-28(23)36-37)27-15-33-29-11-9-21(14-26(27)29)31-34-35-32(39-31)22-5-4-12-38(17-22)18-24-19-40-30-7-3-2-6-25(24)30;1-37-15-21-12-18(7-9-27(21)36-37)23-14-33-28-10-8-19(13-22(23)28)29-34-35-30(39-29)20-4-3-11-38(16-20)17-24-25(31)5-2-6-26(24)32;1-36-15-22-13-18(8-10-25(22)35-36)27-23-14-19(9-11-26(23)31-32-27)28-33-34-29(38-28)21-6-4-12-37(17-21)16-20-5-2-3-7-24(20)30/h2-3,6-11,13-16,19,22,33H,4-5,12,17-18H2,1H3;2,5-10,12-15,20,33H,3-4,11,16-17H2,1H3;2-3,5,7-11,13-15,21H,4,6,12,16-17H2,1H3,(H,31,32)/t22-;20-;21-/m111/s1. The normalized spacial score (nSPS) is 16.5. The molecular weight excluding hydrogens is 1500 g/mol. The number of nitrogens with zero attached hydrogens (tertiary/aromatic N) is 16.